The number of rotatable bonds is 7. The zero-order valence-electron chi connectivity index (χ0n) is 14.7. The lowest BCUT2D eigenvalue weighted by atomic mass is 9.92. The first-order valence-corrected chi connectivity index (χ1v) is 9.35. The molecule has 1 fully saturated rings. The summed E-state index contributed by atoms with van der Waals surface area (Å²) in [6.45, 7) is 2.91. The van der Waals surface area contributed by atoms with Gasteiger partial charge >= 0.3 is 0 Å². The first-order chi connectivity index (χ1) is 11.8. The first-order valence-electron chi connectivity index (χ1n) is 9.35. The van der Waals surface area contributed by atoms with Crippen molar-refractivity contribution in [2.75, 3.05) is 0 Å². The Morgan fingerprint density at radius 2 is 1.75 bits per heavy atom. The van der Waals surface area contributed by atoms with E-state index in [1.165, 1.54) is 43.2 Å². The molecule has 0 aromatic heterocycles. The van der Waals surface area contributed by atoms with Crippen LogP contribution >= 0.6 is 0 Å². The zero-order chi connectivity index (χ0) is 16.6. The average molecular weight is 323 g/mol. The highest BCUT2D eigenvalue weighted by Gasteiger charge is 2.20. The normalized spacial score (nSPS) is 20.7. The van der Waals surface area contributed by atoms with Crippen LogP contribution in [0.1, 0.15) is 50.2 Å². The van der Waals surface area contributed by atoms with Gasteiger partial charge in [0, 0.05) is 12.1 Å². The Morgan fingerprint density at radius 1 is 0.958 bits per heavy atom. The molecule has 0 spiro atoms. The lowest BCUT2D eigenvalue weighted by Crippen LogP contribution is -2.43. The van der Waals surface area contributed by atoms with Gasteiger partial charge in [0.05, 0.1) is 0 Å². The molecule has 24 heavy (non-hydrogen) atoms. The summed E-state index contributed by atoms with van der Waals surface area (Å²) in [6.07, 6.45) is 7.65. The molecule has 0 bridgehead atoms. The minimum Gasteiger partial charge on any atom is -0.489 e. The average Bonchev–Trinajstić information content (AvgIpc) is 2.62. The fraction of sp³-hybridized carbons (Fsp3) is 0.455. The van der Waals surface area contributed by atoms with Crippen molar-refractivity contribution in [3.63, 3.8) is 0 Å². The molecule has 3 rings (SSSR count). The third-order valence-corrected chi connectivity index (χ3v) is 4.84. The van der Waals surface area contributed by atoms with E-state index in [0.717, 1.165) is 12.2 Å². The molecule has 0 amide bonds. The van der Waals surface area contributed by atoms with E-state index in [2.05, 4.69) is 60.8 Å². The lowest BCUT2D eigenvalue weighted by molar-refractivity contribution is 0.300. The highest BCUT2D eigenvalue weighted by molar-refractivity contribution is 5.29. The van der Waals surface area contributed by atoms with Gasteiger partial charge in [-0.1, -0.05) is 62.2 Å². The second-order valence-corrected chi connectivity index (χ2v) is 6.91. The van der Waals surface area contributed by atoms with Crippen molar-refractivity contribution >= 4 is 0 Å². The molecule has 2 unspecified atom stereocenters. The van der Waals surface area contributed by atoms with E-state index >= 15 is 0 Å². The predicted octanol–water partition coefficient (Wildman–Crippen LogP) is 5.12. The summed E-state index contributed by atoms with van der Waals surface area (Å²) in [5.74, 6) is 0.970. The molecular formula is C22H29NO. The molecule has 1 N–H and O–H groups in total. The second kappa shape index (κ2) is 8.89. The van der Waals surface area contributed by atoms with Crippen molar-refractivity contribution in [1.82, 2.24) is 5.32 Å². The van der Waals surface area contributed by atoms with E-state index in [4.69, 9.17) is 4.74 Å². The molecular weight excluding hydrogens is 294 g/mol. The summed E-state index contributed by atoms with van der Waals surface area (Å²) in [5.41, 5.74) is 2.58. The quantitative estimate of drug-likeness (QED) is 0.763. The van der Waals surface area contributed by atoms with Crippen LogP contribution in [0.5, 0.6) is 5.75 Å². The van der Waals surface area contributed by atoms with Crippen LogP contribution in [0, 0.1) is 0 Å². The van der Waals surface area contributed by atoms with Gasteiger partial charge in [0.2, 0.25) is 0 Å². The molecule has 2 nitrogen and oxygen atoms in total. The van der Waals surface area contributed by atoms with Gasteiger partial charge < -0.3 is 10.1 Å². The Kier molecular flexibility index (Phi) is 6.31. The monoisotopic (exact) mass is 323 g/mol. The van der Waals surface area contributed by atoms with Crippen molar-refractivity contribution in [1.29, 1.82) is 0 Å². The summed E-state index contributed by atoms with van der Waals surface area (Å²) in [4.78, 5) is 0. The van der Waals surface area contributed by atoms with Gasteiger partial charge in [0.15, 0.2) is 0 Å². The first kappa shape index (κ1) is 17.0. The molecule has 0 saturated carbocycles. The van der Waals surface area contributed by atoms with Crippen molar-refractivity contribution in [2.45, 2.75) is 64.1 Å². The molecule has 1 aliphatic heterocycles. The fourth-order valence-corrected chi connectivity index (χ4v) is 3.64. The molecule has 1 heterocycles. The highest BCUT2D eigenvalue weighted by atomic mass is 16.5. The molecule has 2 atom stereocenters. The van der Waals surface area contributed by atoms with E-state index in [1.54, 1.807) is 0 Å². The van der Waals surface area contributed by atoms with Gasteiger partial charge in [0.25, 0.3) is 0 Å². The number of nitrogens with one attached hydrogen (secondary N) is 1. The summed E-state index contributed by atoms with van der Waals surface area (Å²) in [7, 11) is 0. The SMILES string of the molecule is CCCC1CCCC(Cc2cccc(OCc3ccccc3)c2)N1. The van der Waals surface area contributed by atoms with Crippen LogP contribution in [0.25, 0.3) is 0 Å². The van der Waals surface area contributed by atoms with E-state index in [-0.39, 0.29) is 0 Å². The molecule has 2 aromatic rings. The molecule has 0 radical (unpaired) electrons. The van der Waals surface area contributed by atoms with Gasteiger partial charge in [-0.3, -0.25) is 0 Å². The summed E-state index contributed by atoms with van der Waals surface area (Å²) in [5, 5.41) is 3.84. The predicted molar refractivity (Wildman–Crippen MR) is 100 cm³/mol. The standard InChI is InChI=1S/C22H29NO/c1-2-8-20-12-7-13-21(23-20)15-19-11-6-14-22(16-19)24-17-18-9-4-3-5-10-18/h3-6,9-11,14,16,20-21,23H,2,7-8,12-13,15,17H2,1H3. The van der Waals surface area contributed by atoms with E-state index in [0.29, 0.717) is 18.7 Å². The molecule has 1 saturated heterocycles. The Morgan fingerprint density at radius 3 is 2.58 bits per heavy atom. The largest absolute Gasteiger partial charge is 0.489 e. The maximum Gasteiger partial charge on any atom is 0.120 e. The summed E-state index contributed by atoms with van der Waals surface area (Å²) in [6, 6.07) is 20.3. The van der Waals surface area contributed by atoms with E-state index in [9.17, 15) is 0 Å². The van der Waals surface area contributed by atoms with Crippen LogP contribution in [0.4, 0.5) is 0 Å². The number of ether oxygens (including phenoxy) is 1. The lowest BCUT2D eigenvalue weighted by Gasteiger charge is -2.31. The number of benzene rings is 2. The van der Waals surface area contributed by atoms with Gasteiger partial charge in [-0.05, 0) is 48.9 Å². The molecule has 128 valence electrons. The maximum atomic E-state index is 5.96. The molecule has 1 aliphatic rings. The van der Waals surface area contributed by atoms with Crippen molar-refractivity contribution in [2.24, 2.45) is 0 Å². The number of hydrogen-bond donors (Lipinski definition) is 1. The Hall–Kier alpha value is -1.80. The van der Waals surface area contributed by atoms with E-state index < -0.39 is 0 Å². The minimum absolute atomic E-state index is 0.611. The Labute approximate surface area is 146 Å². The van der Waals surface area contributed by atoms with E-state index in [1.807, 2.05) is 6.07 Å². The van der Waals surface area contributed by atoms with Crippen molar-refractivity contribution in [3.8, 4) is 5.75 Å². The third kappa shape index (κ3) is 5.10. The fourth-order valence-electron chi connectivity index (χ4n) is 3.64. The van der Waals surface area contributed by atoms with Gasteiger partial charge in [-0.15, -0.1) is 0 Å². The van der Waals surface area contributed by atoms with Crippen LogP contribution in [0.15, 0.2) is 54.6 Å². The van der Waals surface area contributed by atoms with Crippen LogP contribution in [-0.2, 0) is 13.0 Å². The second-order valence-electron chi connectivity index (χ2n) is 6.91. The Balaban J connectivity index is 1.55. The minimum atomic E-state index is 0.611. The highest BCUT2D eigenvalue weighted by Crippen LogP contribution is 2.21. The van der Waals surface area contributed by atoms with Crippen LogP contribution in [0.2, 0.25) is 0 Å². The van der Waals surface area contributed by atoms with Crippen molar-refractivity contribution in [3.05, 3.63) is 65.7 Å². The van der Waals surface area contributed by atoms with Crippen LogP contribution < -0.4 is 10.1 Å². The smallest absolute Gasteiger partial charge is 0.120 e. The molecule has 0 aliphatic carbocycles. The Bertz CT molecular complexity index is 608. The maximum absolute atomic E-state index is 5.96. The summed E-state index contributed by atoms with van der Waals surface area (Å²) < 4.78 is 5.96. The molecule has 2 heteroatoms. The number of piperidine rings is 1. The third-order valence-electron chi connectivity index (χ3n) is 4.84. The topological polar surface area (TPSA) is 21.3 Å². The van der Waals surface area contributed by atoms with Gasteiger partial charge in [-0.25, -0.2) is 0 Å². The molecule has 2 aromatic carbocycles. The summed E-state index contributed by atoms with van der Waals surface area (Å²) >= 11 is 0. The van der Waals surface area contributed by atoms with Gasteiger partial charge in [0.1, 0.15) is 12.4 Å². The van der Waals surface area contributed by atoms with Crippen molar-refractivity contribution < 1.29 is 4.74 Å². The van der Waals surface area contributed by atoms with Crippen LogP contribution in [0.3, 0.4) is 0 Å². The van der Waals surface area contributed by atoms with Gasteiger partial charge in [-0.2, -0.15) is 0 Å². The number of hydrogen-bond acceptors (Lipinski definition) is 2. The zero-order valence-corrected chi connectivity index (χ0v) is 14.7. The van der Waals surface area contributed by atoms with Crippen LogP contribution in [-0.4, -0.2) is 12.1 Å².